The monoisotopic (exact) mass is 364 g/mol. The number of nitrogens with one attached hydrogen (secondary N) is 1. The Kier molecular flexibility index (Phi) is 3.77. The number of aryl methyl sites for hydroxylation is 2. The summed E-state index contributed by atoms with van der Waals surface area (Å²) in [5.74, 6) is 2.06. The van der Waals surface area contributed by atoms with Gasteiger partial charge in [-0.15, -0.1) is 0 Å². The molecule has 2 aliphatic rings. The summed E-state index contributed by atoms with van der Waals surface area (Å²) in [6.07, 6.45) is 8.19. The Balaban J connectivity index is 1.42. The van der Waals surface area contributed by atoms with Gasteiger partial charge in [0.1, 0.15) is 17.8 Å². The molecule has 138 valence electrons. The van der Waals surface area contributed by atoms with E-state index in [4.69, 9.17) is 9.40 Å². The third-order valence-corrected chi connectivity index (χ3v) is 5.20. The van der Waals surface area contributed by atoms with Crippen molar-refractivity contribution in [1.82, 2.24) is 30.0 Å². The van der Waals surface area contributed by atoms with Crippen LogP contribution in [-0.2, 0) is 13.5 Å². The van der Waals surface area contributed by atoms with Crippen molar-refractivity contribution in [3.8, 4) is 11.5 Å². The molecule has 0 saturated heterocycles. The van der Waals surface area contributed by atoms with Crippen molar-refractivity contribution in [3.05, 3.63) is 47.6 Å². The third kappa shape index (κ3) is 3.01. The number of pyridine rings is 1. The normalized spacial score (nSPS) is 18.9. The zero-order valence-corrected chi connectivity index (χ0v) is 15.1. The minimum absolute atomic E-state index is 0.180. The summed E-state index contributed by atoms with van der Waals surface area (Å²) < 4.78 is 7.51. The van der Waals surface area contributed by atoms with Gasteiger partial charge in [0.15, 0.2) is 0 Å². The predicted octanol–water partition coefficient (Wildman–Crippen LogP) is 2.55. The summed E-state index contributed by atoms with van der Waals surface area (Å²) in [6.45, 7) is 0. The molecule has 1 amide bonds. The Labute approximate surface area is 156 Å². The average molecular weight is 364 g/mol. The molecule has 1 fully saturated rings. The van der Waals surface area contributed by atoms with Crippen LogP contribution in [0.2, 0.25) is 0 Å². The van der Waals surface area contributed by atoms with Gasteiger partial charge in [0, 0.05) is 36.8 Å². The zero-order chi connectivity index (χ0) is 18.4. The van der Waals surface area contributed by atoms with Gasteiger partial charge >= 0.3 is 0 Å². The SMILES string of the molecule is Cn1ncnc1C(=O)N[C@H]1CCCc2oc(-c3ccnc(C4CC4)c3)nc21. The lowest BCUT2D eigenvalue weighted by Gasteiger charge is -2.20. The lowest BCUT2D eigenvalue weighted by atomic mass is 9.97. The summed E-state index contributed by atoms with van der Waals surface area (Å²) in [4.78, 5) is 25.7. The molecular weight excluding hydrogens is 344 g/mol. The summed E-state index contributed by atoms with van der Waals surface area (Å²) in [5, 5.41) is 6.98. The molecule has 3 aromatic heterocycles. The molecule has 5 rings (SSSR count). The number of hydrogen-bond acceptors (Lipinski definition) is 6. The molecule has 8 nitrogen and oxygen atoms in total. The van der Waals surface area contributed by atoms with Gasteiger partial charge in [0.2, 0.25) is 11.7 Å². The van der Waals surface area contributed by atoms with E-state index in [-0.39, 0.29) is 17.8 Å². The van der Waals surface area contributed by atoms with Crippen LogP contribution in [0.5, 0.6) is 0 Å². The van der Waals surface area contributed by atoms with Crippen molar-refractivity contribution in [2.75, 3.05) is 0 Å². The average Bonchev–Trinajstić information content (AvgIpc) is 3.29. The molecule has 3 heterocycles. The Bertz CT molecular complexity index is 1000. The second-order valence-electron chi connectivity index (χ2n) is 7.20. The topological polar surface area (TPSA) is 98.7 Å². The fourth-order valence-electron chi connectivity index (χ4n) is 3.59. The first kappa shape index (κ1) is 16.2. The maximum atomic E-state index is 12.5. The number of hydrogen-bond donors (Lipinski definition) is 1. The largest absolute Gasteiger partial charge is 0.441 e. The molecule has 0 spiro atoms. The van der Waals surface area contributed by atoms with Gasteiger partial charge < -0.3 is 9.73 Å². The third-order valence-electron chi connectivity index (χ3n) is 5.20. The number of rotatable bonds is 4. The van der Waals surface area contributed by atoms with Gasteiger partial charge in [-0.3, -0.25) is 9.78 Å². The van der Waals surface area contributed by atoms with Gasteiger partial charge in [-0.2, -0.15) is 5.10 Å². The molecule has 0 aromatic carbocycles. The summed E-state index contributed by atoms with van der Waals surface area (Å²) in [6, 6.07) is 3.82. The second kappa shape index (κ2) is 6.29. The minimum atomic E-state index is -0.252. The molecule has 1 saturated carbocycles. The van der Waals surface area contributed by atoms with Gasteiger partial charge in [0.25, 0.3) is 5.91 Å². The van der Waals surface area contributed by atoms with Crippen molar-refractivity contribution in [1.29, 1.82) is 0 Å². The Hall–Kier alpha value is -3.03. The zero-order valence-electron chi connectivity index (χ0n) is 15.1. The van der Waals surface area contributed by atoms with Crippen LogP contribution in [0, 0.1) is 0 Å². The standard InChI is InChI=1S/C19H20N6O2/c1-25-17(21-10-22-25)18(26)23-13-3-2-4-15-16(13)24-19(27-15)12-7-8-20-14(9-12)11-5-6-11/h7-11,13H,2-6H2,1H3,(H,23,26)/t13-/m0/s1. The Morgan fingerprint density at radius 1 is 1.30 bits per heavy atom. The molecule has 1 N–H and O–H groups in total. The molecule has 0 bridgehead atoms. The van der Waals surface area contributed by atoms with E-state index in [9.17, 15) is 4.79 Å². The maximum Gasteiger partial charge on any atom is 0.289 e. The second-order valence-corrected chi connectivity index (χ2v) is 7.20. The number of amides is 1. The van der Waals surface area contributed by atoms with E-state index in [1.165, 1.54) is 23.9 Å². The lowest BCUT2D eigenvalue weighted by Crippen LogP contribution is -2.32. The first-order valence-electron chi connectivity index (χ1n) is 9.30. The summed E-state index contributed by atoms with van der Waals surface area (Å²) in [5.41, 5.74) is 2.87. The lowest BCUT2D eigenvalue weighted by molar-refractivity contribution is 0.0916. The van der Waals surface area contributed by atoms with E-state index in [2.05, 4.69) is 26.4 Å². The number of carbonyl (C=O) groups excluding carboxylic acids is 1. The predicted molar refractivity (Wildman–Crippen MR) is 95.9 cm³/mol. The van der Waals surface area contributed by atoms with E-state index in [0.717, 1.165) is 42.0 Å². The highest BCUT2D eigenvalue weighted by Gasteiger charge is 2.30. The van der Waals surface area contributed by atoms with Crippen molar-refractivity contribution in [3.63, 3.8) is 0 Å². The van der Waals surface area contributed by atoms with E-state index < -0.39 is 0 Å². The molecule has 8 heteroatoms. The number of nitrogens with zero attached hydrogens (tertiary/aromatic N) is 5. The van der Waals surface area contributed by atoms with Crippen molar-refractivity contribution in [2.45, 2.75) is 44.1 Å². The van der Waals surface area contributed by atoms with E-state index in [1.54, 1.807) is 7.05 Å². The summed E-state index contributed by atoms with van der Waals surface area (Å²) >= 11 is 0. The first-order chi connectivity index (χ1) is 13.2. The van der Waals surface area contributed by atoms with Crippen LogP contribution in [0.4, 0.5) is 0 Å². The van der Waals surface area contributed by atoms with E-state index >= 15 is 0 Å². The summed E-state index contributed by atoms with van der Waals surface area (Å²) in [7, 11) is 1.70. The molecule has 1 atom stereocenters. The first-order valence-corrected chi connectivity index (χ1v) is 9.30. The van der Waals surface area contributed by atoms with Crippen LogP contribution in [0.15, 0.2) is 29.1 Å². The number of fused-ring (bicyclic) bond motifs is 1. The Morgan fingerprint density at radius 3 is 2.96 bits per heavy atom. The van der Waals surface area contributed by atoms with E-state index in [1.807, 2.05) is 12.3 Å². The van der Waals surface area contributed by atoms with Crippen LogP contribution >= 0.6 is 0 Å². The molecule has 2 aliphatic carbocycles. The van der Waals surface area contributed by atoms with Gasteiger partial charge in [-0.05, 0) is 37.8 Å². The van der Waals surface area contributed by atoms with Crippen molar-refractivity contribution < 1.29 is 9.21 Å². The van der Waals surface area contributed by atoms with Crippen molar-refractivity contribution >= 4 is 5.91 Å². The molecule has 0 aliphatic heterocycles. The van der Waals surface area contributed by atoms with Crippen LogP contribution in [0.1, 0.15) is 65.4 Å². The molecule has 0 radical (unpaired) electrons. The minimum Gasteiger partial charge on any atom is -0.441 e. The van der Waals surface area contributed by atoms with E-state index in [0.29, 0.717) is 11.8 Å². The quantitative estimate of drug-likeness (QED) is 0.764. The van der Waals surface area contributed by atoms with Crippen LogP contribution in [0.3, 0.4) is 0 Å². The fourth-order valence-corrected chi connectivity index (χ4v) is 3.59. The number of oxazole rings is 1. The molecular formula is C19H20N6O2. The van der Waals surface area contributed by atoms with Crippen LogP contribution < -0.4 is 5.32 Å². The highest BCUT2D eigenvalue weighted by molar-refractivity contribution is 5.90. The van der Waals surface area contributed by atoms with Gasteiger partial charge in [-0.25, -0.2) is 14.6 Å². The smallest absolute Gasteiger partial charge is 0.289 e. The van der Waals surface area contributed by atoms with Crippen molar-refractivity contribution in [2.24, 2.45) is 7.05 Å². The van der Waals surface area contributed by atoms with Crippen LogP contribution in [-0.4, -0.2) is 30.6 Å². The molecule has 0 unspecified atom stereocenters. The Morgan fingerprint density at radius 2 is 2.19 bits per heavy atom. The fraction of sp³-hybridized carbons (Fsp3) is 0.421. The number of aromatic nitrogens is 5. The number of carbonyl (C=O) groups is 1. The maximum absolute atomic E-state index is 12.5. The van der Waals surface area contributed by atoms with Gasteiger partial charge in [-0.1, -0.05) is 0 Å². The molecule has 3 aromatic rings. The highest BCUT2D eigenvalue weighted by Crippen LogP contribution is 2.40. The molecule has 27 heavy (non-hydrogen) atoms. The highest BCUT2D eigenvalue weighted by atomic mass is 16.4. The van der Waals surface area contributed by atoms with Crippen LogP contribution in [0.25, 0.3) is 11.5 Å². The van der Waals surface area contributed by atoms with Gasteiger partial charge in [0.05, 0.1) is 6.04 Å².